The van der Waals surface area contributed by atoms with Crippen molar-refractivity contribution in [3.05, 3.63) is 81.4 Å². The molecule has 0 saturated carbocycles. The summed E-state index contributed by atoms with van der Waals surface area (Å²) in [7, 11) is 0. The first-order chi connectivity index (χ1) is 28.5. The molecule has 59 heavy (non-hydrogen) atoms. The van der Waals surface area contributed by atoms with E-state index < -0.39 is 40.5 Å². The van der Waals surface area contributed by atoms with Gasteiger partial charge >= 0.3 is 11.7 Å². The molecule has 6 aliphatic heterocycles. The number of nitro benzene ring substituents is 1. The van der Waals surface area contributed by atoms with Crippen LogP contribution in [-0.4, -0.2) is 126 Å². The number of hydrogen-bond donors (Lipinski definition) is 0. The average molecular weight is 825 g/mol. The molecule has 0 N–H and O–H groups in total. The zero-order valence-corrected chi connectivity index (χ0v) is 32.9. The number of esters is 1. The summed E-state index contributed by atoms with van der Waals surface area (Å²) in [4.78, 5) is 94.1. The number of halogens is 1. The minimum atomic E-state index is -1.43. The van der Waals surface area contributed by atoms with E-state index in [-0.39, 0.29) is 83.4 Å². The molecule has 4 amide bonds. The van der Waals surface area contributed by atoms with Crippen LogP contribution in [0.3, 0.4) is 0 Å². The van der Waals surface area contributed by atoms with Crippen LogP contribution >= 0.6 is 11.6 Å². The number of aliphatic imine (C=N–C) groups is 1. The molecule has 18 heteroatoms. The first kappa shape index (κ1) is 38.5. The fourth-order valence-corrected chi connectivity index (χ4v) is 10.2. The van der Waals surface area contributed by atoms with Gasteiger partial charge in [-0.1, -0.05) is 54.1 Å². The molecule has 306 valence electrons. The molecule has 0 unspecified atom stereocenters. The van der Waals surface area contributed by atoms with E-state index in [9.17, 15) is 29.3 Å². The van der Waals surface area contributed by atoms with Gasteiger partial charge in [0.15, 0.2) is 5.52 Å². The van der Waals surface area contributed by atoms with Crippen molar-refractivity contribution in [1.82, 2.24) is 29.9 Å². The Kier molecular flexibility index (Phi) is 9.80. The number of benzene rings is 2. The Morgan fingerprint density at radius 2 is 1.73 bits per heavy atom. The SMILES string of the molecule is CCOC(=O)[C@@H]1CC[C@@H]2C=C[C@H]3CCN(C(=O)[C@@H]4CC[C@H]5C=C[C@]6(CCCN6C(=O)C(Cc6ccccc6Cl)=Nc6ccc([N+](=O)[O-])c7nonc67)C(=O)N54)[C@@H]3C(=O)N21. The Balaban J connectivity index is 1.02. The maximum atomic E-state index is 15.1. The number of fused-ring (bicyclic) bond motifs is 4. The number of hydrogen-bond acceptors (Lipinski definition) is 12. The van der Waals surface area contributed by atoms with Gasteiger partial charge in [-0.3, -0.25) is 29.3 Å². The normalized spacial score (nSPS) is 28.7. The van der Waals surface area contributed by atoms with Crippen molar-refractivity contribution in [3.8, 4) is 0 Å². The minimum Gasteiger partial charge on any atom is -0.464 e. The van der Waals surface area contributed by atoms with Gasteiger partial charge in [0.25, 0.3) is 11.8 Å². The largest absolute Gasteiger partial charge is 0.464 e. The fourth-order valence-electron chi connectivity index (χ4n) is 10.0. The molecule has 7 atom stereocenters. The molecular formula is C41H41ClN8O9. The second-order valence-corrected chi connectivity index (χ2v) is 16.2. The van der Waals surface area contributed by atoms with Crippen molar-refractivity contribution in [3.63, 3.8) is 0 Å². The lowest BCUT2D eigenvalue weighted by Gasteiger charge is -2.44. The van der Waals surface area contributed by atoms with Gasteiger partial charge in [0.05, 0.1) is 29.3 Å². The molecule has 9 rings (SSSR count). The molecule has 3 aromatic rings. The van der Waals surface area contributed by atoms with Crippen LogP contribution in [0.1, 0.15) is 57.4 Å². The van der Waals surface area contributed by atoms with Crippen LogP contribution in [0.15, 0.2) is 70.3 Å². The van der Waals surface area contributed by atoms with E-state index in [1.165, 1.54) is 17.0 Å². The molecule has 7 heterocycles. The number of ether oxygens (including phenoxy) is 1. The van der Waals surface area contributed by atoms with Gasteiger partial charge in [0.1, 0.15) is 29.4 Å². The highest BCUT2D eigenvalue weighted by Gasteiger charge is 2.58. The molecule has 0 radical (unpaired) electrons. The van der Waals surface area contributed by atoms with E-state index >= 15 is 4.79 Å². The lowest BCUT2D eigenvalue weighted by molar-refractivity contribution is -0.383. The van der Waals surface area contributed by atoms with Gasteiger partial charge in [-0.15, -0.1) is 0 Å². The standard InChI is InChI=1S/C41H41ClN8O9/c1-2-58-39(54)32-14-11-25-9-8-23-17-21-46(35(23)38(53)48(25)32)37(52)31-13-10-26-16-19-41(40(55)49(26)31)18-5-20-47(41)36(51)29(22-24-6-3-4-7-27(24)42)43-28-12-15-30(50(56)57)34-33(28)44-59-45-34/h3-4,6-9,12,15-16,19,23,25-26,31-32,35H,2,5,10-11,13-14,17-18,20-22H2,1H3/t23-,25-,26-,31-,32-,35-,41+/m0/s1. The van der Waals surface area contributed by atoms with Crippen molar-refractivity contribution in [2.75, 3.05) is 19.7 Å². The molecule has 4 saturated heterocycles. The van der Waals surface area contributed by atoms with Gasteiger partial charge in [0, 0.05) is 36.5 Å². The van der Waals surface area contributed by atoms with E-state index in [1.807, 2.05) is 18.2 Å². The van der Waals surface area contributed by atoms with Crippen LogP contribution in [0.5, 0.6) is 0 Å². The summed E-state index contributed by atoms with van der Waals surface area (Å²) in [5.74, 6) is -2.24. The molecule has 17 nitrogen and oxygen atoms in total. The Morgan fingerprint density at radius 1 is 0.966 bits per heavy atom. The summed E-state index contributed by atoms with van der Waals surface area (Å²) in [6, 6.07) is 6.47. The zero-order chi connectivity index (χ0) is 41.2. The van der Waals surface area contributed by atoms with Crippen LogP contribution in [-0.2, 0) is 35.1 Å². The summed E-state index contributed by atoms with van der Waals surface area (Å²) < 4.78 is 10.2. The predicted molar refractivity (Wildman–Crippen MR) is 210 cm³/mol. The molecule has 0 aliphatic carbocycles. The van der Waals surface area contributed by atoms with Crippen molar-refractivity contribution in [2.45, 2.75) is 94.0 Å². The van der Waals surface area contributed by atoms with Crippen LogP contribution in [0.2, 0.25) is 5.02 Å². The second-order valence-electron chi connectivity index (χ2n) is 15.8. The van der Waals surface area contributed by atoms with E-state index in [0.29, 0.717) is 62.1 Å². The highest BCUT2D eigenvalue weighted by Crippen LogP contribution is 2.43. The molecule has 6 aliphatic rings. The topological polar surface area (TPSA) is 202 Å². The number of carbonyl (C=O) groups excluding carboxylic acids is 5. The quantitative estimate of drug-likeness (QED) is 0.104. The summed E-state index contributed by atoms with van der Waals surface area (Å²) in [5.41, 5.74) is -1.23. The van der Waals surface area contributed by atoms with E-state index in [4.69, 9.17) is 26.0 Å². The molecule has 1 aromatic heterocycles. The summed E-state index contributed by atoms with van der Waals surface area (Å²) in [6.45, 7) is 2.45. The number of nitrogens with zero attached hydrogens (tertiary/aromatic N) is 8. The van der Waals surface area contributed by atoms with Gasteiger partial charge in [0.2, 0.25) is 17.3 Å². The maximum Gasteiger partial charge on any atom is 0.328 e. The Morgan fingerprint density at radius 3 is 2.51 bits per heavy atom. The third-order valence-corrected chi connectivity index (χ3v) is 13.1. The molecular weight excluding hydrogens is 784 g/mol. The fraction of sp³-hybridized carbons (Fsp3) is 0.463. The predicted octanol–water partition coefficient (Wildman–Crippen LogP) is 4.10. The molecule has 2 aromatic carbocycles. The number of rotatable bonds is 8. The van der Waals surface area contributed by atoms with Crippen LogP contribution in [0.4, 0.5) is 11.4 Å². The molecule has 1 spiro atoms. The lowest BCUT2D eigenvalue weighted by atomic mass is 9.88. The lowest BCUT2D eigenvalue weighted by Crippen LogP contribution is -2.64. The van der Waals surface area contributed by atoms with Gasteiger partial charge < -0.3 is 24.3 Å². The summed E-state index contributed by atoms with van der Waals surface area (Å²) in [5, 5.41) is 19.6. The minimum absolute atomic E-state index is 0.000668. The van der Waals surface area contributed by atoms with Crippen molar-refractivity contribution < 1.29 is 38.3 Å². The summed E-state index contributed by atoms with van der Waals surface area (Å²) >= 11 is 6.57. The van der Waals surface area contributed by atoms with Gasteiger partial charge in [-0.2, -0.15) is 0 Å². The highest BCUT2D eigenvalue weighted by atomic mass is 35.5. The molecule has 4 fully saturated rings. The van der Waals surface area contributed by atoms with E-state index in [2.05, 4.69) is 10.3 Å². The van der Waals surface area contributed by atoms with Gasteiger partial charge in [-0.05, 0) is 79.9 Å². The second kappa shape index (κ2) is 15.0. The first-order valence-corrected chi connectivity index (χ1v) is 20.4. The molecule has 0 bridgehead atoms. The number of carbonyl (C=O) groups is 5. The Hall–Kier alpha value is -5.97. The van der Waals surface area contributed by atoms with Crippen LogP contribution < -0.4 is 0 Å². The average Bonchev–Trinajstić information content (AvgIpc) is 4.07. The smallest absolute Gasteiger partial charge is 0.328 e. The van der Waals surface area contributed by atoms with E-state index in [1.54, 1.807) is 52.0 Å². The number of non-ortho nitro benzene ring substituents is 1. The Bertz CT molecular complexity index is 2380. The first-order valence-electron chi connectivity index (χ1n) is 20.0. The monoisotopic (exact) mass is 824 g/mol. The summed E-state index contributed by atoms with van der Waals surface area (Å²) in [6.07, 6.45) is 11.0. The highest BCUT2D eigenvalue weighted by molar-refractivity contribution is 6.41. The third kappa shape index (κ3) is 6.28. The van der Waals surface area contributed by atoms with Crippen LogP contribution in [0.25, 0.3) is 11.0 Å². The Labute approximate surface area is 342 Å². The number of nitro groups is 1. The van der Waals surface area contributed by atoms with Crippen LogP contribution in [0, 0.1) is 16.0 Å². The number of aromatic nitrogens is 2. The van der Waals surface area contributed by atoms with Crippen molar-refractivity contribution in [1.29, 1.82) is 0 Å². The maximum absolute atomic E-state index is 15.1. The van der Waals surface area contributed by atoms with Crippen molar-refractivity contribution >= 4 is 69.3 Å². The van der Waals surface area contributed by atoms with Gasteiger partial charge in [-0.25, -0.2) is 14.4 Å². The van der Waals surface area contributed by atoms with Crippen molar-refractivity contribution in [2.24, 2.45) is 10.9 Å². The van der Waals surface area contributed by atoms with E-state index in [0.717, 1.165) is 0 Å². The third-order valence-electron chi connectivity index (χ3n) is 12.8. The number of likely N-dealkylation sites (tertiary alicyclic amines) is 2. The zero-order valence-electron chi connectivity index (χ0n) is 32.1. The number of amides is 4.